The molecule has 1 aliphatic heterocycles. The molecule has 0 bridgehead atoms. The molecule has 0 spiro atoms. The number of ether oxygens (including phenoxy) is 2. The molecule has 0 radical (unpaired) electrons. The van der Waals surface area contributed by atoms with E-state index in [1.807, 2.05) is 0 Å². The Labute approximate surface area is 111 Å². The van der Waals surface area contributed by atoms with E-state index in [1.165, 1.54) is 0 Å². The smallest absolute Gasteiger partial charge is 0.351 e. The lowest BCUT2D eigenvalue weighted by Gasteiger charge is -2.22. The van der Waals surface area contributed by atoms with Crippen molar-refractivity contribution in [2.75, 3.05) is 0 Å². The first kappa shape index (κ1) is 12.9. The van der Waals surface area contributed by atoms with Gasteiger partial charge in [-0.3, -0.25) is 9.59 Å². The van der Waals surface area contributed by atoms with Crippen molar-refractivity contribution in [3.8, 4) is 0 Å². The number of carbonyl (C=O) groups is 3. The van der Waals surface area contributed by atoms with Crippen molar-refractivity contribution in [3.05, 3.63) is 33.8 Å². The van der Waals surface area contributed by atoms with E-state index in [0.29, 0.717) is 11.1 Å². The number of esters is 2. The molecular formula is C12H9BrO5. The number of rotatable bonds is 1. The molecule has 0 aliphatic carbocycles. The van der Waals surface area contributed by atoms with Crippen molar-refractivity contribution >= 4 is 33.7 Å². The van der Waals surface area contributed by atoms with Gasteiger partial charge in [0.05, 0.1) is 6.61 Å². The lowest BCUT2D eigenvalue weighted by Crippen LogP contribution is -2.39. The van der Waals surface area contributed by atoms with Crippen molar-refractivity contribution in [2.45, 2.75) is 19.6 Å². The average Bonchev–Trinajstić information content (AvgIpc) is 2.29. The molecule has 0 saturated heterocycles. The average molecular weight is 313 g/mol. The van der Waals surface area contributed by atoms with Crippen LogP contribution in [0.1, 0.15) is 22.8 Å². The molecule has 1 aliphatic rings. The fraction of sp³-hybridized carbons (Fsp3) is 0.250. The van der Waals surface area contributed by atoms with Crippen molar-refractivity contribution in [1.82, 2.24) is 0 Å². The maximum absolute atomic E-state index is 12.0. The Morgan fingerprint density at radius 2 is 2.17 bits per heavy atom. The Morgan fingerprint density at radius 1 is 1.44 bits per heavy atom. The van der Waals surface area contributed by atoms with Gasteiger partial charge in [0.15, 0.2) is 0 Å². The molecule has 0 saturated carbocycles. The molecule has 1 heterocycles. The molecule has 1 aromatic rings. The summed E-state index contributed by atoms with van der Waals surface area (Å²) in [5.41, 5.74) is 1.09. The highest BCUT2D eigenvalue weighted by atomic mass is 79.9. The number of halogens is 1. The highest BCUT2D eigenvalue weighted by Crippen LogP contribution is 2.27. The largest absolute Gasteiger partial charge is 0.391 e. The number of ketones is 1. The van der Waals surface area contributed by atoms with Crippen LogP contribution in [-0.4, -0.2) is 23.8 Å². The molecule has 1 aromatic carbocycles. The van der Waals surface area contributed by atoms with E-state index in [-0.39, 0.29) is 6.61 Å². The highest BCUT2D eigenvalue weighted by Gasteiger charge is 2.36. The zero-order valence-corrected chi connectivity index (χ0v) is 11.0. The molecule has 2 rings (SSSR count). The van der Waals surface area contributed by atoms with E-state index in [9.17, 15) is 14.4 Å². The first-order chi connectivity index (χ1) is 8.50. The summed E-state index contributed by atoms with van der Waals surface area (Å²) in [7, 11) is 0. The molecular weight excluding hydrogens is 304 g/mol. The van der Waals surface area contributed by atoms with Crippen molar-refractivity contribution in [3.63, 3.8) is 0 Å². The second kappa shape index (κ2) is 4.99. The van der Waals surface area contributed by atoms with E-state index < -0.39 is 23.8 Å². The molecule has 18 heavy (non-hydrogen) atoms. The third-order valence-corrected chi connectivity index (χ3v) is 3.22. The van der Waals surface area contributed by atoms with Crippen LogP contribution in [0.25, 0.3) is 0 Å². The second-order valence-corrected chi connectivity index (χ2v) is 4.59. The number of benzene rings is 1. The van der Waals surface area contributed by atoms with Crippen LogP contribution in [-0.2, 0) is 25.7 Å². The fourth-order valence-corrected chi connectivity index (χ4v) is 2.17. The van der Waals surface area contributed by atoms with Crippen LogP contribution < -0.4 is 0 Å². The zero-order chi connectivity index (χ0) is 13.3. The number of hydrogen-bond acceptors (Lipinski definition) is 5. The number of hydrogen-bond donors (Lipinski definition) is 0. The molecule has 1 unspecified atom stereocenters. The van der Waals surface area contributed by atoms with Crippen molar-refractivity contribution in [2.24, 2.45) is 0 Å². The Bertz CT molecular complexity index is 537. The van der Waals surface area contributed by atoms with Gasteiger partial charge in [-0.2, -0.15) is 0 Å². The zero-order valence-electron chi connectivity index (χ0n) is 9.44. The molecule has 0 amide bonds. The van der Waals surface area contributed by atoms with Crippen LogP contribution in [0.3, 0.4) is 0 Å². The quantitative estimate of drug-likeness (QED) is 0.582. The minimum atomic E-state index is -1.37. The predicted octanol–water partition coefficient (Wildman–Crippen LogP) is 1.62. The SMILES string of the molecule is CC(=O)OC(=O)C1OCc2c(Br)cccc2C1=O. The van der Waals surface area contributed by atoms with Gasteiger partial charge >= 0.3 is 11.9 Å². The molecule has 0 aromatic heterocycles. The van der Waals surface area contributed by atoms with Crippen molar-refractivity contribution < 1.29 is 23.9 Å². The van der Waals surface area contributed by atoms with Gasteiger partial charge in [0, 0.05) is 22.5 Å². The summed E-state index contributed by atoms with van der Waals surface area (Å²) in [6.45, 7) is 1.20. The summed E-state index contributed by atoms with van der Waals surface area (Å²) in [5, 5.41) is 0. The van der Waals surface area contributed by atoms with Gasteiger partial charge in [-0.1, -0.05) is 28.1 Å². The fourth-order valence-electron chi connectivity index (χ4n) is 1.69. The molecule has 94 valence electrons. The molecule has 0 N–H and O–H groups in total. The van der Waals surface area contributed by atoms with E-state index in [1.54, 1.807) is 18.2 Å². The number of Topliss-reactive ketones (excluding diaryl/α,β-unsaturated/α-hetero) is 1. The molecule has 0 fully saturated rings. The topological polar surface area (TPSA) is 69.7 Å². The Balaban J connectivity index is 2.29. The Morgan fingerprint density at radius 3 is 2.83 bits per heavy atom. The summed E-state index contributed by atoms with van der Waals surface area (Å²) in [6.07, 6.45) is -1.37. The maximum atomic E-state index is 12.0. The van der Waals surface area contributed by atoms with E-state index >= 15 is 0 Å². The van der Waals surface area contributed by atoms with Crippen LogP contribution in [0.5, 0.6) is 0 Å². The maximum Gasteiger partial charge on any atom is 0.351 e. The van der Waals surface area contributed by atoms with Crippen molar-refractivity contribution in [1.29, 1.82) is 0 Å². The Hall–Kier alpha value is -1.53. The normalized spacial score (nSPS) is 18.1. The second-order valence-electron chi connectivity index (χ2n) is 3.73. The molecule has 1 atom stereocenters. The third kappa shape index (κ3) is 2.34. The van der Waals surface area contributed by atoms with Gasteiger partial charge in [-0.15, -0.1) is 0 Å². The minimum absolute atomic E-state index is 0.111. The number of fused-ring (bicyclic) bond motifs is 1. The summed E-state index contributed by atoms with van der Waals surface area (Å²) in [5.74, 6) is -2.24. The minimum Gasteiger partial charge on any atom is -0.391 e. The van der Waals surface area contributed by atoms with Crippen LogP contribution in [0, 0.1) is 0 Å². The monoisotopic (exact) mass is 312 g/mol. The summed E-state index contributed by atoms with van der Waals surface area (Å²) < 4.78 is 10.3. The van der Waals surface area contributed by atoms with E-state index in [0.717, 1.165) is 11.4 Å². The predicted molar refractivity (Wildman–Crippen MR) is 63.8 cm³/mol. The molecule has 6 heteroatoms. The third-order valence-electron chi connectivity index (χ3n) is 2.48. The van der Waals surface area contributed by atoms with Gasteiger partial charge < -0.3 is 9.47 Å². The Kier molecular flexibility index (Phi) is 3.58. The van der Waals surface area contributed by atoms with Crippen LogP contribution >= 0.6 is 15.9 Å². The van der Waals surface area contributed by atoms with E-state index in [4.69, 9.17) is 4.74 Å². The van der Waals surface area contributed by atoms with Gasteiger partial charge in [0.1, 0.15) is 0 Å². The lowest BCUT2D eigenvalue weighted by atomic mass is 9.98. The van der Waals surface area contributed by atoms with E-state index in [2.05, 4.69) is 20.7 Å². The van der Waals surface area contributed by atoms with Gasteiger partial charge in [0.2, 0.25) is 11.9 Å². The first-order valence-electron chi connectivity index (χ1n) is 5.16. The first-order valence-corrected chi connectivity index (χ1v) is 5.95. The number of carbonyl (C=O) groups excluding carboxylic acids is 3. The van der Waals surface area contributed by atoms with Crippen LogP contribution in [0.15, 0.2) is 22.7 Å². The molecule has 5 nitrogen and oxygen atoms in total. The van der Waals surface area contributed by atoms with Crippen LogP contribution in [0.4, 0.5) is 0 Å². The summed E-state index contributed by atoms with van der Waals surface area (Å²) >= 11 is 3.30. The summed E-state index contributed by atoms with van der Waals surface area (Å²) in [4.78, 5) is 34.2. The van der Waals surface area contributed by atoms with Crippen LogP contribution in [0.2, 0.25) is 0 Å². The lowest BCUT2D eigenvalue weighted by molar-refractivity contribution is -0.165. The standard InChI is InChI=1S/C12H9BrO5/c1-6(14)18-12(16)11-10(15)7-3-2-4-9(13)8(7)5-17-11/h2-4,11H,5H2,1H3. The van der Waals surface area contributed by atoms with Gasteiger partial charge in [0.25, 0.3) is 0 Å². The summed E-state index contributed by atoms with van der Waals surface area (Å²) in [6, 6.07) is 5.09. The van der Waals surface area contributed by atoms with Gasteiger partial charge in [-0.05, 0) is 6.07 Å². The highest BCUT2D eigenvalue weighted by molar-refractivity contribution is 9.10. The van der Waals surface area contributed by atoms with Gasteiger partial charge in [-0.25, -0.2) is 4.79 Å².